The quantitative estimate of drug-likeness (QED) is 0.630. The number of pyridine rings is 1. The number of rotatable bonds is 3. The van der Waals surface area contributed by atoms with Crippen LogP contribution in [0.2, 0.25) is 0 Å². The zero-order valence-corrected chi connectivity index (χ0v) is 13.4. The van der Waals surface area contributed by atoms with Gasteiger partial charge in [-0.15, -0.1) is 10.2 Å². The molecular weight excluding hydrogens is 304 g/mol. The molecule has 0 aliphatic heterocycles. The van der Waals surface area contributed by atoms with E-state index in [-0.39, 0.29) is 0 Å². The number of hydrogen-bond donors (Lipinski definition) is 1. The number of aryl methyl sites for hydroxylation is 2. The van der Waals surface area contributed by atoms with E-state index in [2.05, 4.69) is 20.8 Å². The first-order chi connectivity index (χ1) is 11.5. The summed E-state index contributed by atoms with van der Waals surface area (Å²) in [6.07, 6.45) is 0. The van der Waals surface area contributed by atoms with Crippen LogP contribution < -0.4 is 0 Å². The predicted molar refractivity (Wildman–Crippen MR) is 90.5 cm³/mol. The van der Waals surface area contributed by atoms with Gasteiger partial charge in [0, 0.05) is 12.2 Å². The van der Waals surface area contributed by atoms with Crippen molar-refractivity contribution in [1.82, 2.24) is 19.2 Å². The van der Waals surface area contributed by atoms with E-state index < -0.39 is 5.97 Å². The molecule has 4 rings (SSSR count). The van der Waals surface area contributed by atoms with Crippen molar-refractivity contribution in [3.05, 3.63) is 65.1 Å². The molecular formula is C18H16N4O2. The average Bonchev–Trinajstić information content (AvgIpc) is 3.09. The number of carbonyl (C=O) groups is 1. The van der Waals surface area contributed by atoms with E-state index in [4.69, 9.17) is 5.11 Å². The van der Waals surface area contributed by atoms with Gasteiger partial charge in [-0.25, -0.2) is 4.79 Å². The summed E-state index contributed by atoms with van der Waals surface area (Å²) in [5.41, 5.74) is 5.32. The van der Waals surface area contributed by atoms with Crippen LogP contribution in [0.25, 0.3) is 16.7 Å². The third-order valence-corrected chi connectivity index (χ3v) is 4.32. The molecule has 1 aromatic carbocycles. The highest BCUT2D eigenvalue weighted by molar-refractivity contribution is 5.87. The van der Waals surface area contributed by atoms with E-state index in [0.717, 1.165) is 33.8 Å². The number of carboxylic acids is 1. The van der Waals surface area contributed by atoms with Crippen LogP contribution in [0.4, 0.5) is 0 Å². The van der Waals surface area contributed by atoms with Crippen LogP contribution in [-0.4, -0.2) is 30.2 Å². The fourth-order valence-corrected chi connectivity index (χ4v) is 3.17. The minimum Gasteiger partial charge on any atom is -0.478 e. The molecule has 120 valence electrons. The number of aromatic nitrogens is 4. The van der Waals surface area contributed by atoms with Crippen LogP contribution in [0.15, 0.2) is 42.5 Å². The van der Waals surface area contributed by atoms with Gasteiger partial charge in [0.05, 0.1) is 16.6 Å². The lowest BCUT2D eigenvalue weighted by molar-refractivity contribution is 0.0696. The Morgan fingerprint density at radius 3 is 2.71 bits per heavy atom. The van der Waals surface area contributed by atoms with E-state index in [1.165, 1.54) is 0 Å². The SMILES string of the molecule is Cc1cc2c(ccc3nnc(C)n32)n1Cc1cccc(C(=O)O)c1. The Labute approximate surface area is 138 Å². The molecule has 0 saturated carbocycles. The molecule has 0 radical (unpaired) electrons. The van der Waals surface area contributed by atoms with Crippen LogP contribution >= 0.6 is 0 Å². The lowest BCUT2D eigenvalue weighted by Gasteiger charge is -2.09. The van der Waals surface area contributed by atoms with Crippen molar-refractivity contribution in [2.45, 2.75) is 20.4 Å². The molecule has 0 spiro atoms. The Hall–Kier alpha value is -3.15. The summed E-state index contributed by atoms with van der Waals surface area (Å²) in [5, 5.41) is 17.5. The lowest BCUT2D eigenvalue weighted by Crippen LogP contribution is -2.04. The summed E-state index contributed by atoms with van der Waals surface area (Å²) < 4.78 is 4.21. The fourth-order valence-electron chi connectivity index (χ4n) is 3.17. The van der Waals surface area contributed by atoms with Crippen molar-refractivity contribution in [2.24, 2.45) is 0 Å². The Kier molecular flexibility index (Phi) is 3.13. The molecule has 6 heteroatoms. The smallest absolute Gasteiger partial charge is 0.335 e. The van der Waals surface area contributed by atoms with Gasteiger partial charge in [0.2, 0.25) is 0 Å². The number of aromatic carboxylic acids is 1. The van der Waals surface area contributed by atoms with Gasteiger partial charge in [-0.05, 0) is 49.7 Å². The molecule has 0 bridgehead atoms. The van der Waals surface area contributed by atoms with E-state index >= 15 is 0 Å². The zero-order chi connectivity index (χ0) is 16.8. The summed E-state index contributed by atoms with van der Waals surface area (Å²) in [7, 11) is 0. The van der Waals surface area contributed by atoms with E-state index in [9.17, 15) is 4.79 Å². The highest BCUT2D eigenvalue weighted by Gasteiger charge is 2.12. The van der Waals surface area contributed by atoms with Crippen molar-refractivity contribution in [2.75, 3.05) is 0 Å². The van der Waals surface area contributed by atoms with Gasteiger partial charge in [-0.1, -0.05) is 12.1 Å². The summed E-state index contributed by atoms with van der Waals surface area (Å²) >= 11 is 0. The number of fused-ring (bicyclic) bond motifs is 3. The van der Waals surface area contributed by atoms with Gasteiger partial charge in [-0.2, -0.15) is 0 Å². The number of benzene rings is 1. The second kappa shape index (κ2) is 5.19. The Morgan fingerprint density at radius 1 is 1.08 bits per heavy atom. The molecule has 0 fully saturated rings. The maximum absolute atomic E-state index is 11.2. The highest BCUT2D eigenvalue weighted by atomic mass is 16.4. The molecule has 0 unspecified atom stereocenters. The van der Waals surface area contributed by atoms with Gasteiger partial charge in [-0.3, -0.25) is 4.40 Å². The summed E-state index contributed by atoms with van der Waals surface area (Å²) in [6, 6.07) is 13.1. The maximum Gasteiger partial charge on any atom is 0.335 e. The second-order valence-corrected chi connectivity index (χ2v) is 5.92. The third-order valence-electron chi connectivity index (χ3n) is 4.32. The monoisotopic (exact) mass is 320 g/mol. The Balaban J connectivity index is 1.86. The van der Waals surface area contributed by atoms with E-state index in [1.54, 1.807) is 18.2 Å². The zero-order valence-electron chi connectivity index (χ0n) is 13.4. The standard InChI is InChI=1S/C18H16N4O2/c1-11-8-16-15(6-7-17-20-19-12(2)22(16)17)21(11)10-13-4-3-5-14(9-13)18(23)24/h3-9H,10H2,1-2H3,(H,23,24). The molecule has 1 N–H and O–H groups in total. The molecule has 3 aromatic heterocycles. The first kappa shape index (κ1) is 14.4. The molecule has 24 heavy (non-hydrogen) atoms. The average molecular weight is 320 g/mol. The van der Waals surface area contributed by atoms with Crippen molar-refractivity contribution in [3.63, 3.8) is 0 Å². The largest absolute Gasteiger partial charge is 0.478 e. The van der Waals surface area contributed by atoms with Crippen LogP contribution in [0, 0.1) is 13.8 Å². The minimum atomic E-state index is -0.909. The Bertz CT molecular complexity index is 1090. The maximum atomic E-state index is 11.2. The molecule has 0 aliphatic rings. The van der Waals surface area contributed by atoms with Crippen molar-refractivity contribution in [1.29, 1.82) is 0 Å². The topological polar surface area (TPSA) is 72.4 Å². The highest BCUT2D eigenvalue weighted by Crippen LogP contribution is 2.23. The van der Waals surface area contributed by atoms with Gasteiger partial charge in [0.25, 0.3) is 0 Å². The van der Waals surface area contributed by atoms with Crippen molar-refractivity contribution < 1.29 is 9.90 Å². The van der Waals surface area contributed by atoms with Crippen LogP contribution in [0.5, 0.6) is 0 Å². The van der Waals surface area contributed by atoms with Crippen LogP contribution in [0.3, 0.4) is 0 Å². The Morgan fingerprint density at radius 2 is 1.92 bits per heavy atom. The van der Waals surface area contributed by atoms with E-state index in [1.807, 2.05) is 36.4 Å². The predicted octanol–water partition coefficient (Wildman–Crippen LogP) is 3.05. The molecule has 0 saturated heterocycles. The molecule has 0 atom stereocenters. The first-order valence-corrected chi connectivity index (χ1v) is 7.67. The normalized spacial score (nSPS) is 11.4. The minimum absolute atomic E-state index is 0.304. The van der Waals surface area contributed by atoms with Crippen molar-refractivity contribution >= 4 is 22.6 Å². The first-order valence-electron chi connectivity index (χ1n) is 7.67. The van der Waals surface area contributed by atoms with Gasteiger partial charge >= 0.3 is 5.97 Å². The molecule has 0 amide bonds. The third kappa shape index (κ3) is 2.15. The lowest BCUT2D eigenvalue weighted by atomic mass is 10.1. The number of carboxylic acid groups (broad SMARTS) is 1. The fraction of sp³-hybridized carbons (Fsp3) is 0.167. The van der Waals surface area contributed by atoms with Gasteiger partial charge in [0.1, 0.15) is 5.82 Å². The van der Waals surface area contributed by atoms with Crippen molar-refractivity contribution in [3.8, 4) is 0 Å². The molecule has 6 nitrogen and oxygen atoms in total. The van der Waals surface area contributed by atoms with Gasteiger partial charge < -0.3 is 9.67 Å². The molecule has 0 aliphatic carbocycles. The molecule has 4 aromatic rings. The van der Waals surface area contributed by atoms with Crippen LogP contribution in [0.1, 0.15) is 27.4 Å². The second-order valence-electron chi connectivity index (χ2n) is 5.92. The van der Waals surface area contributed by atoms with Crippen LogP contribution in [-0.2, 0) is 6.54 Å². The number of nitrogens with zero attached hydrogens (tertiary/aromatic N) is 4. The van der Waals surface area contributed by atoms with E-state index in [0.29, 0.717) is 12.1 Å². The number of hydrogen-bond acceptors (Lipinski definition) is 3. The molecule has 3 heterocycles. The summed E-state index contributed by atoms with van der Waals surface area (Å²) in [6.45, 7) is 4.60. The summed E-state index contributed by atoms with van der Waals surface area (Å²) in [4.78, 5) is 11.2. The van der Waals surface area contributed by atoms with Gasteiger partial charge in [0.15, 0.2) is 5.65 Å². The summed E-state index contributed by atoms with van der Waals surface area (Å²) in [5.74, 6) is -0.0617.